The second kappa shape index (κ2) is 18.0. The summed E-state index contributed by atoms with van der Waals surface area (Å²) >= 11 is 0. The van der Waals surface area contributed by atoms with E-state index in [0.29, 0.717) is 13.0 Å². The summed E-state index contributed by atoms with van der Waals surface area (Å²) < 4.78 is 5.87. The molecule has 159 valence electrons. The maximum absolute atomic E-state index is 10.0. The van der Waals surface area contributed by atoms with Crippen LogP contribution in [0.4, 0.5) is 0 Å². The third kappa shape index (κ3) is 13.2. The Kier molecular flexibility index (Phi) is 17.5. The van der Waals surface area contributed by atoms with Gasteiger partial charge in [-0.25, -0.2) is 4.89 Å². The molecule has 29 heavy (non-hydrogen) atoms. The van der Waals surface area contributed by atoms with Crippen LogP contribution in [0.2, 0.25) is 0 Å². The smallest absolute Gasteiger partial charge is 0.120 e. The van der Waals surface area contributed by atoms with E-state index in [0.717, 1.165) is 31.4 Å². The zero-order valence-electron chi connectivity index (χ0n) is 17.5. The van der Waals surface area contributed by atoms with Gasteiger partial charge in [-0.1, -0.05) is 55.8 Å². The van der Waals surface area contributed by atoms with Crippen LogP contribution < -0.4 is 4.74 Å². The average Bonchev–Trinajstić information content (AvgIpc) is 2.71. The van der Waals surface area contributed by atoms with Crippen LogP contribution in [-0.2, 0) is 50.6 Å². The zero-order valence-corrected chi connectivity index (χ0v) is 20.4. The van der Waals surface area contributed by atoms with Crippen LogP contribution in [0.1, 0.15) is 43.7 Å². The van der Waals surface area contributed by atoms with Crippen LogP contribution in [0.15, 0.2) is 54.6 Å². The molecule has 1 unspecified atom stereocenters. The summed E-state index contributed by atoms with van der Waals surface area (Å²) in [5, 5.41) is 26.0. The molecule has 0 aliphatic rings. The molecule has 1 radical (unpaired) electrons. The Hall–Kier alpha value is -0.816. The molecule has 0 spiro atoms. The number of rotatable bonds is 11. The first-order valence-corrected chi connectivity index (χ1v) is 9.82. The van der Waals surface area contributed by atoms with E-state index < -0.39 is 0 Å². The second-order valence-corrected chi connectivity index (χ2v) is 6.91. The third-order valence-corrected chi connectivity index (χ3v) is 4.60. The molecule has 2 aromatic rings. The van der Waals surface area contributed by atoms with Crippen molar-refractivity contribution >= 4 is 0 Å². The molecule has 0 heterocycles. The summed E-state index contributed by atoms with van der Waals surface area (Å²) in [6, 6.07) is 18.4. The molecule has 6 heteroatoms. The maximum Gasteiger partial charge on any atom is 0.120 e. The molecule has 0 aliphatic carbocycles. The van der Waals surface area contributed by atoms with Gasteiger partial charge in [0.15, 0.2) is 0 Å². The summed E-state index contributed by atoms with van der Waals surface area (Å²) in [5.41, 5.74) is 2.43. The number of benzene rings is 2. The van der Waals surface area contributed by atoms with Crippen LogP contribution in [0, 0.1) is 5.92 Å². The molecule has 0 aromatic heterocycles. The molecule has 0 aliphatic heterocycles. The molecular formula is C23H34O5Y. The standard InChI is InChI=1S/C22H30O3.CH4O2.Y/c1-18(14-15-23)22(24)13-6-5-8-19-11-7-12-21(16-19)25-17-20-9-3-2-4-10-20;1-3-2;/h2-4,7,9-12,16,18,22-24H,5-6,8,13-15,17H2,1H3;2H,1H3;/t18?,22-;;/m1../s1. The first-order valence-electron chi connectivity index (χ1n) is 9.82. The zero-order chi connectivity index (χ0) is 20.6. The molecular weight excluding hydrogens is 445 g/mol. The Balaban J connectivity index is 0.00000184. The molecule has 5 nitrogen and oxygen atoms in total. The van der Waals surface area contributed by atoms with Gasteiger partial charge < -0.3 is 14.9 Å². The van der Waals surface area contributed by atoms with Crippen molar-refractivity contribution in [3.8, 4) is 5.75 Å². The Labute approximate surface area is 199 Å². The van der Waals surface area contributed by atoms with Gasteiger partial charge in [0.1, 0.15) is 12.4 Å². The first kappa shape index (κ1) is 28.2. The summed E-state index contributed by atoms with van der Waals surface area (Å²) in [6.45, 7) is 2.72. The topological polar surface area (TPSA) is 79.2 Å². The molecule has 3 N–H and O–H groups in total. The van der Waals surface area contributed by atoms with Gasteiger partial charge in [-0.2, -0.15) is 0 Å². The molecule has 2 atom stereocenters. The largest absolute Gasteiger partial charge is 0.489 e. The monoisotopic (exact) mass is 479 g/mol. The average molecular weight is 479 g/mol. The van der Waals surface area contributed by atoms with Crippen LogP contribution in [0.3, 0.4) is 0 Å². The number of ether oxygens (including phenoxy) is 1. The van der Waals surface area contributed by atoms with E-state index in [1.165, 1.54) is 18.2 Å². The van der Waals surface area contributed by atoms with E-state index in [1.807, 2.05) is 37.3 Å². The fraction of sp³-hybridized carbons (Fsp3) is 0.478. The summed E-state index contributed by atoms with van der Waals surface area (Å²) in [5.74, 6) is 1.07. The minimum absolute atomic E-state index is 0. The fourth-order valence-corrected chi connectivity index (χ4v) is 2.89. The molecule has 0 saturated heterocycles. The normalized spacial score (nSPS) is 12.2. The van der Waals surface area contributed by atoms with Crippen molar-refractivity contribution in [1.29, 1.82) is 0 Å². The van der Waals surface area contributed by atoms with Gasteiger partial charge in [0, 0.05) is 39.3 Å². The quantitative estimate of drug-likeness (QED) is 0.252. The van der Waals surface area contributed by atoms with Crippen molar-refractivity contribution in [2.45, 2.75) is 51.7 Å². The predicted octanol–water partition coefficient (Wildman–Crippen LogP) is 4.46. The van der Waals surface area contributed by atoms with Crippen molar-refractivity contribution in [1.82, 2.24) is 0 Å². The number of unbranched alkanes of at least 4 members (excludes halogenated alkanes) is 1. The van der Waals surface area contributed by atoms with E-state index in [9.17, 15) is 5.11 Å². The van der Waals surface area contributed by atoms with Gasteiger partial charge in [-0.3, -0.25) is 5.26 Å². The van der Waals surface area contributed by atoms with Crippen LogP contribution >= 0.6 is 0 Å². The van der Waals surface area contributed by atoms with Crippen LogP contribution in [0.25, 0.3) is 0 Å². The van der Waals surface area contributed by atoms with E-state index in [-0.39, 0.29) is 51.3 Å². The van der Waals surface area contributed by atoms with Gasteiger partial charge in [0.2, 0.25) is 0 Å². The molecule has 0 amide bonds. The van der Waals surface area contributed by atoms with Gasteiger partial charge in [-0.05, 0) is 54.9 Å². The summed E-state index contributed by atoms with van der Waals surface area (Å²) in [4.78, 5) is 3.25. The van der Waals surface area contributed by atoms with Gasteiger partial charge >= 0.3 is 0 Å². The third-order valence-electron chi connectivity index (χ3n) is 4.60. The number of aryl methyl sites for hydroxylation is 1. The van der Waals surface area contributed by atoms with Crippen molar-refractivity contribution in [2.75, 3.05) is 13.7 Å². The number of hydrogen-bond acceptors (Lipinski definition) is 5. The van der Waals surface area contributed by atoms with Crippen molar-refractivity contribution in [2.24, 2.45) is 5.92 Å². The Morgan fingerprint density at radius 2 is 1.59 bits per heavy atom. The van der Waals surface area contributed by atoms with E-state index in [2.05, 4.69) is 29.2 Å². The minimum Gasteiger partial charge on any atom is -0.489 e. The maximum atomic E-state index is 10.0. The molecule has 0 saturated carbocycles. The minimum atomic E-state index is -0.312. The first-order chi connectivity index (χ1) is 13.6. The SMILES string of the molecule is CC(CCO)[C@H](O)CCCCc1cccc(OCc2ccccc2)c1.COO.[Y]. The van der Waals surface area contributed by atoms with E-state index in [4.69, 9.17) is 15.1 Å². The Morgan fingerprint density at radius 3 is 2.24 bits per heavy atom. The van der Waals surface area contributed by atoms with E-state index in [1.54, 1.807) is 0 Å². The number of hydrogen-bond donors (Lipinski definition) is 3. The molecule has 2 aromatic carbocycles. The van der Waals surface area contributed by atoms with E-state index >= 15 is 0 Å². The number of aliphatic hydroxyl groups is 2. The van der Waals surface area contributed by atoms with Gasteiger partial charge in [0.05, 0.1) is 13.2 Å². The van der Waals surface area contributed by atoms with Gasteiger partial charge in [-0.15, -0.1) is 0 Å². The second-order valence-electron chi connectivity index (χ2n) is 6.91. The summed E-state index contributed by atoms with van der Waals surface area (Å²) in [6.07, 6.45) is 4.18. The summed E-state index contributed by atoms with van der Waals surface area (Å²) in [7, 11) is 1.18. The predicted molar refractivity (Wildman–Crippen MR) is 111 cm³/mol. The number of aliphatic hydroxyl groups excluding tert-OH is 2. The van der Waals surface area contributed by atoms with Crippen molar-refractivity contribution in [3.63, 3.8) is 0 Å². The van der Waals surface area contributed by atoms with Gasteiger partial charge in [0.25, 0.3) is 0 Å². The fourth-order valence-electron chi connectivity index (χ4n) is 2.89. The van der Waals surface area contributed by atoms with Crippen LogP contribution in [0.5, 0.6) is 5.75 Å². The Bertz CT molecular complexity index is 624. The molecule has 0 fully saturated rings. The van der Waals surface area contributed by atoms with Crippen molar-refractivity contribution < 1.29 is 57.8 Å². The Morgan fingerprint density at radius 1 is 0.931 bits per heavy atom. The molecule has 2 rings (SSSR count). The van der Waals surface area contributed by atoms with Crippen molar-refractivity contribution in [3.05, 3.63) is 65.7 Å². The van der Waals surface area contributed by atoms with Crippen LogP contribution in [-0.4, -0.2) is 35.3 Å². The molecule has 0 bridgehead atoms.